The number of hydrogen-bond donors (Lipinski definition) is 2. The van der Waals surface area contributed by atoms with E-state index in [2.05, 4.69) is 11.4 Å². The monoisotopic (exact) mass is 966 g/mol. The van der Waals surface area contributed by atoms with E-state index in [9.17, 15) is 38.4 Å². The molecule has 18 nitrogen and oxygen atoms in total. The van der Waals surface area contributed by atoms with Crippen LogP contribution in [0, 0.1) is 23.7 Å². The Morgan fingerprint density at radius 2 is 1.77 bits per heavy atom. The van der Waals surface area contributed by atoms with Gasteiger partial charge in [0.15, 0.2) is 11.8 Å². The summed E-state index contributed by atoms with van der Waals surface area (Å²) < 4.78 is 36.8. The summed E-state index contributed by atoms with van der Waals surface area (Å²) in [5.41, 5.74) is 0.0902. The van der Waals surface area contributed by atoms with E-state index in [1.807, 2.05) is 48.7 Å². The molecule has 66 heavy (non-hydrogen) atoms. The number of alkyl halides is 1. The molecule has 2 saturated heterocycles. The Morgan fingerprint density at radius 3 is 2.47 bits per heavy atom. The Morgan fingerprint density at radius 1 is 1.03 bits per heavy atom. The molecular formula is C45H51ClN6O12S2. The average Bonchev–Trinajstić information content (AvgIpc) is 4.07. The Kier molecular flexibility index (Phi) is 14.0. The number of halogens is 1. The minimum atomic E-state index is -1.80. The van der Waals surface area contributed by atoms with E-state index in [-0.39, 0.29) is 72.2 Å². The summed E-state index contributed by atoms with van der Waals surface area (Å²) in [6.07, 6.45) is 6.33. The largest absolute Gasteiger partial charge is 0.614 e. The number of aliphatic carboxylic acids is 1. The number of benzene rings is 1. The Balaban J connectivity index is 0.866. The van der Waals surface area contributed by atoms with Gasteiger partial charge < -0.3 is 48.3 Å². The van der Waals surface area contributed by atoms with Crippen LogP contribution in [0.5, 0.6) is 5.75 Å². The van der Waals surface area contributed by atoms with Crippen molar-refractivity contribution in [2.24, 2.45) is 23.7 Å². The predicted octanol–water partition coefficient (Wildman–Crippen LogP) is 3.95. The number of likely N-dealkylation sites (tertiary alicyclic amines) is 1. The molecule has 21 heteroatoms. The van der Waals surface area contributed by atoms with Crippen LogP contribution in [0.1, 0.15) is 21.9 Å². The zero-order valence-electron chi connectivity index (χ0n) is 36.7. The molecule has 0 bridgehead atoms. The quantitative estimate of drug-likeness (QED) is 0.0957. The van der Waals surface area contributed by atoms with E-state index in [0.29, 0.717) is 36.9 Å². The number of nitrogens with zero attached hydrogens (tertiary/aromatic N) is 5. The van der Waals surface area contributed by atoms with Gasteiger partial charge in [0.2, 0.25) is 11.3 Å². The number of amides is 5. The molecule has 8 rings (SSSR count). The topological polar surface area (TPSA) is 215 Å². The van der Waals surface area contributed by atoms with Gasteiger partial charge in [-0.3, -0.25) is 24.2 Å². The lowest BCUT2D eigenvalue weighted by molar-refractivity contribution is -0.151. The van der Waals surface area contributed by atoms with Gasteiger partial charge in [-0.1, -0.05) is 30.4 Å². The molecule has 9 atom stereocenters. The number of β-lactam (4-membered cyclic amide) rings is 1. The lowest BCUT2D eigenvalue weighted by atomic mass is 9.64. The smallest absolute Gasteiger partial charge is 0.409 e. The second kappa shape index (κ2) is 19.7. The normalized spacial score (nSPS) is 26.3. The highest BCUT2D eigenvalue weighted by molar-refractivity contribution is 7.92. The number of thiophene rings is 1. The number of furan rings is 1. The Labute approximate surface area is 392 Å². The van der Waals surface area contributed by atoms with Crippen molar-refractivity contribution in [2.45, 2.75) is 36.4 Å². The van der Waals surface area contributed by atoms with Crippen LogP contribution in [0.2, 0.25) is 0 Å². The van der Waals surface area contributed by atoms with Gasteiger partial charge in [0, 0.05) is 73.8 Å². The van der Waals surface area contributed by atoms with Crippen LogP contribution >= 0.6 is 22.9 Å². The van der Waals surface area contributed by atoms with Crippen molar-refractivity contribution in [3.05, 3.63) is 88.0 Å². The van der Waals surface area contributed by atoms with E-state index in [0.717, 1.165) is 15.2 Å². The van der Waals surface area contributed by atoms with E-state index in [1.54, 1.807) is 35.2 Å². The number of hydrogen-bond acceptors (Lipinski definition) is 13. The standard InChI is InChI=1S/C45H51ClN6O12S2/c1-48(2)24-62-28-11-12-33-25(16-28)17-35(63-33)40(54)51-21-26(20-46)37-31-10-6-5-9-30(31)34(19-32(37)51)64-45(59)50(4)14-13-49(3)44(58)61-22-27-23-66(60)42-38(41(55)52(42)39(27)43(56)57)47-36(53)18-29-8-7-15-65-29/h5-12,15-17,26,30-32,34,37-38,42H,13-14,18-24H2,1-4H3,(H,47,53)(H,56,57). The maximum Gasteiger partial charge on any atom is 0.409 e. The summed E-state index contributed by atoms with van der Waals surface area (Å²) in [5.74, 6) is -2.26. The molecule has 3 fully saturated rings. The number of carboxylic acids is 1. The maximum atomic E-state index is 14.2. The fourth-order valence-electron chi connectivity index (χ4n) is 9.47. The molecule has 2 aliphatic carbocycles. The number of rotatable bonds is 15. The van der Waals surface area contributed by atoms with Crippen molar-refractivity contribution < 1.29 is 57.1 Å². The summed E-state index contributed by atoms with van der Waals surface area (Å²) in [7, 11) is 6.78. The molecule has 2 aromatic heterocycles. The second-order valence-corrected chi connectivity index (χ2v) is 20.2. The van der Waals surface area contributed by atoms with Gasteiger partial charge in [0.1, 0.15) is 42.2 Å². The molecule has 3 aliphatic heterocycles. The number of carbonyl (C=O) groups is 6. The van der Waals surface area contributed by atoms with E-state index in [1.165, 1.54) is 35.2 Å². The highest BCUT2D eigenvalue weighted by atomic mass is 35.5. The van der Waals surface area contributed by atoms with E-state index < -0.39 is 71.0 Å². The van der Waals surface area contributed by atoms with Gasteiger partial charge in [-0.2, -0.15) is 0 Å². The maximum absolute atomic E-state index is 14.2. The van der Waals surface area contributed by atoms with Crippen LogP contribution < -0.4 is 10.1 Å². The number of fused-ring (bicyclic) bond motifs is 5. The van der Waals surface area contributed by atoms with Crippen molar-refractivity contribution >= 4 is 81.0 Å². The minimum absolute atomic E-state index is 0.00521. The molecule has 1 aromatic carbocycles. The molecule has 2 N–H and O–H groups in total. The van der Waals surface area contributed by atoms with E-state index in [4.69, 9.17) is 30.2 Å². The van der Waals surface area contributed by atoms with Crippen LogP contribution in [0.4, 0.5) is 9.59 Å². The first kappa shape index (κ1) is 47.0. The Hall–Kier alpha value is -5.54. The first-order valence-corrected chi connectivity index (χ1v) is 24.2. The first-order valence-electron chi connectivity index (χ1n) is 21.4. The molecule has 5 heterocycles. The second-order valence-electron chi connectivity index (χ2n) is 17.3. The van der Waals surface area contributed by atoms with Crippen LogP contribution in [0.25, 0.3) is 11.0 Å². The van der Waals surface area contributed by atoms with E-state index >= 15 is 0 Å². The van der Waals surface area contributed by atoms with Crippen LogP contribution in [0.3, 0.4) is 0 Å². The molecule has 1 saturated carbocycles. The van der Waals surface area contributed by atoms with Gasteiger partial charge in [-0.15, -0.1) is 22.9 Å². The van der Waals surface area contributed by atoms with Gasteiger partial charge in [0.25, 0.3) is 11.8 Å². The molecule has 5 amide bonds. The number of carboxylic acid groups (broad SMARTS) is 1. The van der Waals surface area contributed by atoms with Crippen LogP contribution in [0.15, 0.2) is 81.8 Å². The number of likely N-dealkylation sites (N-methyl/N-ethyl adjacent to an activating group) is 2. The van der Waals surface area contributed by atoms with Crippen molar-refractivity contribution in [3.63, 3.8) is 0 Å². The predicted molar refractivity (Wildman–Crippen MR) is 243 cm³/mol. The summed E-state index contributed by atoms with van der Waals surface area (Å²) in [5, 5.41) is 14.1. The summed E-state index contributed by atoms with van der Waals surface area (Å²) in [6.45, 7) is 0.294. The fraction of sp³-hybridized carbons (Fsp3) is 0.467. The van der Waals surface area contributed by atoms with Crippen molar-refractivity contribution in [1.82, 2.24) is 29.8 Å². The fourth-order valence-corrected chi connectivity index (χ4v) is 12.1. The number of allylic oxidation sites excluding steroid dienone is 3. The van der Waals surface area contributed by atoms with Gasteiger partial charge >= 0.3 is 18.2 Å². The van der Waals surface area contributed by atoms with Crippen molar-refractivity contribution in [2.75, 3.05) is 72.8 Å². The molecule has 0 radical (unpaired) electrons. The van der Waals surface area contributed by atoms with Crippen molar-refractivity contribution in [1.29, 1.82) is 0 Å². The zero-order valence-corrected chi connectivity index (χ0v) is 39.1. The van der Waals surface area contributed by atoms with Gasteiger partial charge in [-0.05, 0) is 78.7 Å². The van der Waals surface area contributed by atoms with Crippen LogP contribution in [-0.4, -0.2) is 166 Å². The highest BCUT2D eigenvalue weighted by Gasteiger charge is 2.61. The number of carbonyl (C=O) groups excluding carboxylic acids is 5. The molecule has 352 valence electrons. The molecular weight excluding hydrogens is 916 g/mol. The molecule has 0 spiro atoms. The zero-order chi connectivity index (χ0) is 47.0. The summed E-state index contributed by atoms with van der Waals surface area (Å²) in [4.78, 5) is 87.0. The molecule has 9 unspecified atom stereocenters. The first-order chi connectivity index (χ1) is 31.6. The lowest BCUT2D eigenvalue weighted by Gasteiger charge is -2.48. The minimum Gasteiger partial charge on any atom is -0.614 e. The average molecular weight is 968 g/mol. The lowest BCUT2D eigenvalue weighted by Crippen LogP contribution is -2.75. The number of ether oxygens (including phenoxy) is 3. The van der Waals surface area contributed by atoms with Gasteiger partial charge in [-0.25, -0.2) is 14.4 Å². The Bertz CT molecular complexity index is 2460. The molecule has 3 aromatic rings. The third kappa shape index (κ3) is 9.51. The SMILES string of the molecule is CN(C)COc1ccc2oc(C(=O)N3CC(CCl)C4C5C=CC=CC5C(OC(=O)N(C)CCN(C)C(=O)OCC5=C(C(=O)O)N6C(=O)C(NC(=O)Cc7cccs7)C6[S+]([O-])C5)CC43)cc2c1. The van der Waals surface area contributed by atoms with Crippen molar-refractivity contribution in [3.8, 4) is 5.75 Å². The third-order valence-corrected chi connectivity index (χ3v) is 15.6. The summed E-state index contributed by atoms with van der Waals surface area (Å²) >= 11 is 6.14. The third-order valence-electron chi connectivity index (χ3n) is 12.7. The van der Waals surface area contributed by atoms with Gasteiger partial charge in [0.05, 0.1) is 6.42 Å². The summed E-state index contributed by atoms with van der Waals surface area (Å²) in [6, 6.07) is 9.22. The number of nitrogens with one attached hydrogen (secondary N) is 1. The highest BCUT2D eigenvalue weighted by Crippen LogP contribution is 2.50. The van der Waals surface area contributed by atoms with Crippen LogP contribution in [-0.2, 0) is 41.5 Å². The molecule has 5 aliphatic rings.